The summed E-state index contributed by atoms with van der Waals surface area (Å²) in [6, 6.07) is 11.3. The Hall–Kier alpha value is -2.45. The van der Waals surface area contributed by atoms with Gasteiger partial charge in [-0.25, -0.2) is 13.8 Å². The summed E-state index contributed by atoms with van der Waals surface area (Å²) in [6.45, 7) is 0.0183. The van der Waals surface area contributed by atoms with Crippen LogP contribution in [0.4, 0.5) is 8.78 Å². The SMILES string of the molecule is N#CCn1c(Cc2ccc(Cl)cc2)nc2cc(F)c(F)cc21. The largest absolute Gasteiger partial charge is 0.314 e. The third-order valence-corrected chi connectivity index (χ3v) is 3.63. The number of nitriles is 1. The Kier molecular flexibility index (Phi) is 3.78. The van der Waals surface area contributed by atoms with E-state index in [4.69, 9.17) is 16.9 Å². The number of nitrogens with zero attached hydrogens (tertiary/aromatic N) is 3. The standard InChI is InChI=1S/C16H10ClF2N3/c17-11-3-1-10(2-4-11)7-16-21-14-8-12(18)13(19)9-15(14)22(16)6-5-20/h1-4,8-9H,6-7H2. The molecule has 22 heavy (non-hydrogen) atoms. The highest BCUT2D eigenvalue weighted by molar-refractivity contribution is 6.30. The van der Waals surface area contributed by atoms with Crippen LogP contribution in [0.5, 0.6) is 0 Å². The van der Waals surface area contributed by atoms with Gasteiger partial charge in [0.15, 0.2) is 11.6 Å². The molecule has 1 heterocycles. The molecule has 2 aromatic carbocycles. The van der Waals surface area contributed by atoms with Crippen molar-refractivity contribution in [3.8, 4) is 6.07 Å². The van der Waals surface area contributed by atoms with Crippen molar-refractivity contribution in [2.45, 2.75) is 13.0 Å². The first-order valence-electron chi connectivity index (χ1n) is 6.54. The normalized spacial score (nSPS) is 10.8. The Labute approximate surface area is 130 Å². The first-order valence-corrected chi connectivity index (χ1v) is 6.92. The molecule has 0 aliphatic heterocycles. The highest BCUT2D eigenvalue weighted by atomic mass is 35.5. The zero-order chi connectivity index (χ0) is 15.7. The Morgan fingerprint density at radius 3 is 2.50 bits per heavy atom. The van der Waals surface area contributed by atoms with E-state index in [-0.39, 0.29) is 6.54 Å². The van der Waals surface area contributed by atoms with E-state index in [2.05, 4.69) is 4.98 Å². The molecule has 0 aliphatic rings. The van der Waals surface area contributed by atoms with Crippen LogP contribution in [0.2, 0.25) is 5.02 Å². The van der Waals surface area contributed by atoms with Crippen molar-refractivity contribution in [2.75, 3.05) is 0 Å². The molecule has 0 fully saturated rings. The van der Waals surface area contributed by atoms with E-state index in [0.29, 0.717) is 28.3 Å². The number of imidazole rings is 1. The minimum absolute atomic E-state index is 0.0183. The third-order valence-electron chi connectivity index (χ3n) is 3.37. The molecule has 1 aromatic heterocycles. The Morgan fingerprint density at radius 1 is 1.14 bits per heavy atom. The molecule has 3 rings (SSSR count). The maximum absolute atomic E-state index is 13.4. The van der Waals surface area contributed by atoms with Crippen molar-refractivity contribution in [2.24, 2.45) is 0 Å². The van der Waals surface area contributed by atoms with Crippen LogP contribution in [0, 0.1) is 23.0 Å². The number of aromatic nitrogens is 2. The summed E-state index contributed by atoms with van der Waals surface area (Å²) in [7, 11) is 0. The Balaban J connectivity index is 2.10. The second-order valence-electron chi connectivity index (χ2n) is 4.83. The summed E-state index contributed by atoms with van der Waals surface area (Å²) >= 11 is 5.85. The van der Waals surface area contributed by atoms with Gasteiger partial charge in [0.2, 0.25) is 0 Å². The van der Waals surface area contributed by atoms with Gasteiger partial charge in [0, 0.05) is 23.6 Å². The fourth-order valence-corrected chi connectivity index (χ4v) is 2.46. The van der Waals surface area contributed by atoms with Gasteiger partial charge in [0.1, 0.15) is 12.4 Å². The number of hydrogen-bond acceptors (Lipinski definition) is 2. The molecule has 0 bridgehead atoms. The lowest BCUT2D eigenvalue weighted by molar-refractivity contribution is 0.510. The number of halogens is 3. The lowest BCUT2D eigenvalue weighted by atomic mass is 10.1. The summed E-state index contributed by atoms with van der Waals surface area (Å²) in [6.07, 6.45) is 0.441. The molecule has 0 atom stereocenters. The second-order valence-corrected chi connectivity index (χ2v) is 5.27. The lowest BCUT2D eigenvalue weighted by Crippen LogP contribution is -2.03. The molecule has 0 saturated carbocycles. The molecule has 0 unspecified atom stereocenters. The van der Waals surface area contributed by atoms with Crippen LogP contribution in [-0.2, 0) is 13.0 Å². The van der Waals surface area contributed by atoms with Crippen LogP contribution < -0.4 is 0 Å². The van der Waals surface area contributed by atoms with Crippen LogP contribution in [0.3, 0.4) is 0 Å². The maximum Gasteiger partial charge on any atom is 0.161 e. The summed E-state index contributed by atoms with van der Waals surface area (Å²) in [5.41, 5.74) is 1.68. The predicted molar refractivity (Wildman–Crippen MR) is 79.5 cm³/mol. The molecule has 0 radical (unpaired) electrons. The second kappa shape index (κ2) is 5.74. The fraction of sp³-hybridized carbons (Fsp3) is 0.125. The van der Waals surface area contributed by atoms with Crippen molar-refractivity contribution in [3.63, 3.8) is 0 Å². The van der Waals surface area contributed by atoms with Crippen LogP contribution in [0.25, 0.3) is 11.0 Å². The smallest absolute Gasteiger partial charge is 0.161 e. The van der Waals surface area contributed by atoms with Crippen molar-refractivity contribution in [1.29, 1.82) is 5.26 Å². The van der Waals surface area contributed by atoms with Crippen LogP contribution in [0.1, 0.15) is 11.4 Å². The highest BCUT2D eigenvalue weighted by Crippen LogP contribution is 2.22. The minimum atomic E-state index is -0.954. The Morgan fingerprint density at radius 2 is 1.82 bits per heavy atom. The first-order chi connectivity index (χ1) is 10.6. The van der Waals surface area contributed by atoms with Crippen LogP contribution in [-0.4, -0.2) is 9.55 Å². The summed E-state index contributed by atoms with van der Waals surface area (Å²) in [4.78, 5) is 4.32. The number of fused-ring (bicyclic) bond motifs is 1. The maximum atomic E-state index is 13.4. The number of rotatable bonds is 3. The fourth-order valence-electron chi connectivity index (χ4n) is 2.34. The topological polar surface area (TPSA) is 41.6 Å². The van der Waals surface area contributed by atoms with Gasteiger partial charge >= 0.3 is 0 Å². The van der Waals surface area contributed by atoms with Crippen molar-refractivity contribution in [1.82, 2.24) is 9.55 Å². The third kappa shape index (κ3) is 2.66. The quantitative estimate of drug-likeness (QED) is 0.730. The molecule has 0 saturated heterocycles. The van der Waals surface area contributed by atoms with Gasteiger partial charge in [-0.2, -0.15) is 5.26 Å². The first kappa shape index (κ1) is 14.5. The molecular formula is C16H10ClF2N3. The average molecular weight is 318 g/mol. The van der Waals surface area contributed by atoms with E-state index in [0.717, 1.165) is 17.7 Å². The van der Waals surface area contributed by atoms with Crippen molar-refractivity contribution >= 4 is 22.6 Å². The number of hydrogen-bond donors (Lipinski definition) is 0. The minimum Gasteiger partial charge on any atom is -0.314 e. The Bertz CT molecular complexity index is 879. The van der Waals surface area contributed by atoms with Crippen molar-refractivity contribution < 1.29 is 8.78 Å². The van der Waals surface area contributed by atoms with Gasteiger partial charge in [-0.05, 0) is 17.7 Å². The molecule has 6 heteroatoms. The van der Waals surface area contributed by atoms with Crippen LogP contribution in [0.15, 0.2) is 36.4 Å². The average Bonchev–Trinajstić information content (AvgIpc) is 2.80. The van der Waals surface area contributed by atoms with Gasteiger partial charge in [-0.1, -0.05) is 23.7 Å². The molecule has 0 N–H and O–H groups in total. The molecule has 3 aromatic rings. The van der Waals surface area contributed by atoms with E-state index in [1.165, 1.54) is 0 Å². The van der Waals surface area contributed by atoms with Gasteiger partial charge in [-0.3, -0.25) is 0 Å². The monoisotopic (exact) mass is 317 g/mol. The van der Waals surface area contributed by atoms with E-state index in [1.807, 2.05) is 18.2 Å². The molecular weight excluding hydrogens is 308 g/mol. The van der Waals surface area contributed by atoms with E-state index in [1.54, 1.807) is 16.7 Å². The predicted octanol–water partition coefficient (Wildman–Crippen LogP) is 4.08. The van der Waals surface area contributed by atoms with E-state index in [9.17, 15) is 8.78 Å². The van der Waals surface area contributed by atoms with Gasteiger partial charge in [-0.15, -0.1) is 0 Å². The zero-order valence-corrected chi connectivity index (χ0v) is 12.1. The summed E-state index contributed by atoms with van der Waals surface area (Å²) in [5.74, 6) is -1.33. The zero-order valence-electron chi connectivity index (χ0n) is 11.4. The summed E-state index contributed by atoms with van der Waals surface area (Å²) < 4.78 is 28.4. The molecule has 0 aliphatic carbocycles. The molecule has 3 nitrogen and oxygen atoms in total. The lowest BCUT2D eigenvalue weighted by Gasteiger charge is -2.05. The highest BCUT2D eigenvalue weighted by Gasteiger charge is 2.14. The molecule has 0 spiro atoms. The van der Waals surface area contributed by atoms with Crippen LogP contribution >= 0.6 is 11.6 Å². The van der Waals surface area contributed by atoms with E-state index < -0.39 is 11.6 Å². The summed E-state index contributed by atoms with van der Waals surface area (Å²) in [5, 5.41) is 9.59. The van der Waals surface area contributed by atoms with Gasteiger partial charge in [0.05, 0.1) is 17.1 Å². The molecule has 110 valence electrons. The van der Waals surface area contributed by atoms with Gasteiger partial charge < -0.3 is 4.57 Å². The molecule has 0 amide bonds. The van der Waals surface area contributed by atoms with Gasteiger partial charge in [0.25, 0.3) is 0 Å². The number of benzene rings is 2. The van der Waals surface area contributed by atoms with Crippen molar-refractivity contribution in [3.05, 3.63) is 64.4 Å². The van der Waals surface area contributed by atoms with E-state index >= 15 is 0 Å².